The molecule has 0 saturated carbocycles. The first kappa shape index (κ1) is 19.2. The zero-order valence-electron chi connectivity index (χ0n) is 13.9. The van der Waals surface area contributed by atoms with Gasteiger partial charge in [0.1, 0.15) is 12.2 Å². The Labute approximate surface area is 143 Å². The van der Waals surface area contributed by atoms with Crippen molar-refractivity contribution in [3.8, 4) is 0 Å². The number of nitrogens with one attached hydrogen (secondary N) is 1. The maximum atomic E-state index is 12.8. The van der Waals surface area contributed by atoms with Crippen LogP contribution in [0.3, 0.4) is 0 Å². The minimum atomic E-state index is -3.07. The van der Waals surface area contributed by atoms with Crippen molar-refractivity contribution in [3.63, 3.8) is 0 Å². The van der Waals surface area contributed by atoms with E-state index in [9.17, 15) is 23.7 Å². The number of amides is 1. The van der Waals surface area contributed by atoms with E-state index in [1.165, 1.54) is 6.92 Å². The van der Waals surface area contributed by atoms with Crippen molar-refractivity contribution in [1.82, 2.24) is 20.0 Å². The summed E-state index contributed by atoms with van der Waals surface area (Å²) in [7, 11) is 0. The maximum absolute atomic E-state index is 12.8. The second-order valence-electron chi connectivity index (χ2n) is 5.69. The van der Waals surface area contributed by atoms with E-state index in [1.807, 2.05) is 0 Å². The molecule has 0 radical (unpaired) electrons. The standard InChI is InChI=1S/C14H21F2N5O4/c1-10-13(21(23)24)12(14(15)16)18-20(10)9-11(22)17-3-2-4-19-5-7-25-8-6-19/h14H,2-9H2,1H3,(H,17,22). The summed E-state index contributed by atoms with van der Waals surface area (Å²) in [4.78, 5) is 24.2. The lowest BCUT2D eigenvalue weighted by Gasteiger charge is -2.26. The Morgan fingerprint density at radius 1 is 1.44 bits per heavy atom. The molecule has 2 rings (SSSR count). The fourth-order valence-electron chi connectivity index (χ4n) is 2.63. The van der Waals surface area contributed by atoms with Gasteiger partial charge in [0.05, 0.1) is 18.1 Å². The van der Waals surface area contributed by atoms with Gasteiger partial charge in [-0.3, -0.25) is 24.5 Å². The van der Waals surface area contributed by atoms with E-state index in [4.69, 9.17) is 4.74 Å². The van der Waals surface area contributed by atoms with Crippen LogP contribution in [0.2, 0.25) is 0 Å². The molecule has 1 aliphatic rings. The number of halogens is 2. The first-order valence-corrected chi connectivity index (χ1v) is 7.96. The predicted molar refractivity (Wildman–Crippen MR) is 83.5 cm³/mol. The molecule has 1 aliphatic heterocycles. The summed E-state index contributed by atoms with van der Waals surface area (Å²) in [6.45, 7) is 5.35. The molecule has 1 N–H and O–H groups in total. The molecule has 0 aromatic carbocycles. The van der Waals surface area contributed by atoms with Crippen molar-refractivity contribution in [2.75, 3.05) is 39.4 Å². The molecular formula is C14H21F2N5O4. The van der Waals surface area contributed by atoms with Gasteiger partial charge in [-0.15, -0.1) is 0 Å². The van der Waals surface area contributed by atoms with Gasteiger partial charge in [-0.25, -0.2) is 8.78 Å². The van der Waals surface area contributed by atoms with Crippen molar-refractivity contribution in [3.05, 3.63) is 21.5 Å². The van der Waals surface area contributed by atoms with Gasteiger partial charge < -0.3 is 10.1 Å². The van der Waals surface area contributed by atoms with Gasteiger partial charge in [-0.1, -0.05) is 0 Å². The van der Waals surface area contributed by atoms with Crippen LogP contribution in [0, 0.1) is 17.0 Å². The van der Waals surface area contributed by atoms with Crippen molar-refractivity contribution in [1.29, 1.82) is 0 Å². The van der Waals surface area contributed by atoms with Crippen LogP contribution in [0.1, 0.15) is 24.2 Å². The summed E-state index contributed by atoms with van der Waals surface area (Å²) >= 11 is 0. The normalized spacial score (nSPS) is 15.5. The van der Waals surface area contributed by atoms with Gasteiger partial charge in [-0.05, 0) is 19.9 Å². The Bertz CT molecular complexity index is 617. The molecule has 1 amide bonds. The van der Waals surface area contributed by atoms with Crippen LogP contribution < -0.4 is 5.32 Å². The maximum Gasteiger partial charge on any atom is 0.319 e. The average Bonchev–Trinajstić information content (AvgIpc) is 2.90. The van der Waals surface area contributed by atoms with Crippen LogP contribution in [0.4, 0.5) is 14.5 Å². The molecule has 9 nitrogen and oxygen atoms in total. The van der Waals surface area contributed by atoms with Gasteiger partial charge in [0, 0.05) is 19.6 Å². The molecule has 0 atom stereocenters. The first-order chi connectivity index (χ1) is 11.9. The fourth-order valence-corrected chi connectivity index (χ4v) is 2.63. The van der Waals surface area contributed by atoms with Gasteiger partial charge in [0.2, 0.25) is 11.6 Å². The van der Waals surface area contributed by atoms with Crippen molar-refractivity contribution in [2.24, 2.45) is 0 Å². The Kier molecular flexibility index (Phi) is 6.76. The molecule has 1 saturated heterocycles. The number of rotatable bonds is 8. The van der Waals surface area contributed by atoms with E-state index >= 15 is 0 Å². The molecule has 2 heterocycles. The van der Waals surface area contributed by atoms with Gasteiger partial charge >= 0.3 is 5.69 Å². The second kappa shape index (κ2) is 8.81. The zero-order chi connectivity index (χ0) is 18.4. The summed E-state index contributed by atoms with van der Waals surface area (Å²) in [6.07, 6.45) is -2.33. The number of aromatic nitrogens is 2. The molecular weight excluding hydrogens is 340 g/mol. The quantitative estimate of drug-likeness (QED) is 0.419. The minimum Gasteiger partial charge on any atom is -0.379 e. The SMILES string of the molecule is Cc1c([N+](=O)[O-])c(C(F)F)nn1CC(=O)NCCCN1CCOCC1. The molecule has 0 unspecified atom stereocenters. The van der Waals surface area contributed by atoms with E-state index in [0.717, 1.165) is 30.7 Å². The van der Waals surface area contributed by atoms with E-state index in [2.05, 4.69) is 15.3 Å². The van der Waals surface area contributed by atoms with Gasteiger partial charge in [0.15, 0.2) is 0 Å². The largest absolute Gasteiger partial charge is 0.379 e. The smallest absolute Gasteiger partial charge is 0.319 e. The van der Waals surface area contributed by atoms with Crippen LogP contribution in [0.15, 0.2) is 0 Å². The Morgan fingerprint density at radius 3 is 2.68 bits per heavy atom. The van der Waals surface area contributed by atoms with Crippen LogP contribution in [-0.2, 0) is 16.1 Å². The number of ether oxygens (including phenoxy) is 1. The lowest BCUT2D eigenvalue weighted by molar-refractivity contribution is -0.386. The second-order valence-corrected chi connectivity index (χ2v) is 5.69. The average molecular weight is 361 g/mol. The Balaban J connectivity index is 1.83. The molecule has 1 aromatic heterocycles. The molecule has 11 heteroatoms. The van der Waals surface area contributed by atoms with E-state index < -0.39 is 28.6 Å². The lowest BCUT2D eigenvalue weighted by Crippen LogP contribution is -2.38. The van der Waals surface area contributed by atoms with Crippen molar-refractivity contribution >= 4 is 11.6 Å². The highest BCUT2D eigenvalue weighted by Gasteiger charge is 2.31. The monoisotopic (exact) mass is 361 g/mol. The number of carbonyl (C=O) groups excluding carboxylic acids is 1. The number of nitro groups is 1. The zero-order valence-corrected chi connectivity index (χ0v) is 13.9. The molecule has 25 heavy (non-hydrogen) atoms. The van der Waals surface area contributed by atoms with Crippen LogP contribution >= 0.6 is 0 Å². The first-order valence-electron chi connectivity index (χ1n) is 7.96. The Hall–Kier alpha value is -2.14. The van der Waals surface area contributed by atoms with Crippen LogP contribution in [-0.4, -0.2) is 64.9 Å². The number of nitrogens with zero attached hydrogens (tertiary/aromatic N) is 4. The molecule has 0 aliphatic carbocycles. The third kappa shape index (κ3) is 5.16. The number of morpholine rings is 1. The van der Waals surface area contributed by atoms with Crippen LogP contribution in [0.25, 0.3) is 0 Å². The number of hydrogen-bond donors (Lipinski definition) is 1. The lowest BCUT2D eigenvalue weighted by atomic mass is 10.3. The molecule has 0 bridgehead atoms. The summed E-state index contributed by atoms with van der Waals surface area (Å²) in [6, 6.07) is 0. The number of hydrogen-bond acceptors (Lipinski definition) is 6. The molecule has 0 spiro atoms. The molecule has 1 fully saturated rings. The highest BCUT2D eigenvalue weighted by molar-refractivity contribution is 5.75. The van der Waals surface area contributed by atoms with Crippen LogP contribution in [0.5, 0.6) is 0 Å². The molecule has 140 valence electrons. The van der Waals surface area contributed by atoms with E-state index in [0.29, 0.717) is 19.8 Å². The predicted octanol–water partition coefficient (Wildman–Crippen LogP) is 0.876. The fraction of sp³-hybridized carbons (Fsp3) is 0.714. The topological polar surface area (TPSA) is 103 Å². The highest BCUT2D eigenvalue weighted by atomic mass is 19.3. The van der Waals surface area contributed by atoms with Crippen molar-refractivity contribution in [2.45, 2.75) is 26.3 Å². The highest BCUT2D eigenvalue weighted by Crippen LogP contribution is 2.30. The number of alkyl halides is 2. The van der Waals surface area contributed by atoms with E-state index in [1.54, 1.807) is 0 Å². The third-order valence-corrected chi connectivity index (χ3v) is 3.96. The van der Waals surface area contributed by atoms with Gasteiger partial charge in [0.25, 0.3) is 6.43 Å². The summed E-state index contributed by atoms with van der Waals surface area (Å²) < 4.78 is 31.9. The summed E-state index contributed by atoms with van der Waals surface area (Å²) in [5.74, 6) is -0.428. The van der Waals surface area contributed by atoms with E-state index in [-0.39, 0.29) is 12.2 Å². The minimum absolute atomic E-state index is 0.0660. The molecule has 1 aromatic rings. The number of carbonyl (C=O) groups is 1. The van der Waals surface area contributed by atoms with Gasteiger partial charge in [-0.2, -0.15) is 5.10 Å². The third-order valence-electron chi connectivity index (χ3n) is 3.96. The summed E-state index contributed by atoms with van der Waals surface area (Å²) in [5.41, 5.74) is -1.72. The van der Waals surface area contributed by atoms with Crippen molar-refractivity contribution < 1.29 is 23.2 Å². The Morgan fingerprint density at radius 2 is 2.12 bits per heavy atom. The summed E-state index contributed by atoms with van der Waals surface area (Å²) in [5, 5.41) is 17.1.